The highest BCUT2D eigenvalue weighted by molar-refractivity contribution is 5.91. The van der Waals surface area contributed by atoms with E-state index in [-0.39, 0.29) is 18.4 Å². The zero-order valence-corrected chi connectivity index (χ0v) is 19.3. The zero-order valence-electron chi connectivity index (χ0n) is 19.3. The lowest BCUT2D eigenvalue weighted by atomic mass is 9.95. The van der Waals surface area contributed by atoms with Crippen LogP contribution in [-0.4, -0.2) is 41.3 Å². The lowest BCUT2D eigenvalue weighted by molar-refractivity contribution is -0.148. The van der Waals surface area contributed by atoms with Crippen molar-refractivity contribution in [2.45, 2.75) is 56.5 Å². The molecule has 0 heterocycles. The Morgan fingerprint density at radius 1 is 1.00 bits per heavy atom. The van der Waals surface area contributed by atoms with Crippen molar-refractivity contribution in [3.05, 3.63) is 59.7 Å². The molecule has 34 heavy (non-hydrogen) atoms. The first-order valence-electron chi connectivity index (χ1n) is 12.0. The largest absolute Gasteiger partial charge is 0.480 e. The fraction of sp³-hybridized carbons (Fsp3) is 0.444. The van der Waals surface area contributed by atoms with Gasteiger partial charge in [0.2, 0.25) is 5.91 Å². The molecule has 2 fully saturated rings. The third-order valence-corrected chi connectivity index (χ3v) is 7.44. The Morgan fingerprint density at radius 3 is 2.12 bits per heavy atom. The summed E-state index contributed by atoms with van der Waals surface area (Å²) in [6, 6.07) is 15.4. The van der Waals surface area contributed by atoms with Crippen LogP contribution in [-0.2, 0) is 14.3 Å². The molecule has 0 radical (unpaired) electrons. The van der Waals surface area contributed by atoms with Crippen molar-refractivity contribution in [3.63, 3.8) is 0 Å². The van der Waals surface area contributed by atoms with Gasteiger partial charge in [-0.25, -0.2) is 9.59 Å². The molecule has 2 amide bonds. The van der Waals surface area contributed by atoms with Crippen molar-refractivity contribution >= 4 is 18.0 Å². The monoisotopic (exact) mass is 462 g/mol. The molecule has 5 rings (SSSR count). The number of carboxylic acids is 1. The van der Waals surface area contributed by atoms with Gasteiger partial charge >= 0.3 is 12.1 Å². The Kier molecular flexibility index (Phi) is 5.80. The van der Waals surface area contributed by atoms with Crippen LogP contribution in [0.4, 0.5) is 4.79 Å². The first-order valence-corrected chi connectivity index (χ1v) is 12.0. The van der Waals surface area contributed by atoms with E-state index >= 15 is 0 Å². The summed E-state index contributed by atoms with van der Waals surface area (Å²) in [7, 11) is 0. The third kappa shape index (κ3) is 4.39. The summed E-state index contributed by atoms with van der Waals surface area (Å²) in [4.78, 5) is 37.6. The molecule has 2 atom stereocenters. The predicted molar refractivity (Wildman–Crippen MR) is 126 cm³/mol. The molecule has 0 aromatic heterocycles. The van der Waals surface area contributed by atoms with E-state index in [9.17, 15) is 19.5 Å². The molecule has 178 valence electrons. The fourth-order valence-electron chi connectivity index (χ4n) is 5.03. The molecule has 7 nitrogen and oxygen atoms in total. The number of hydrogen-bond acceptors (Lipinski definition) is 4. The second kappa shape index (κ2) is 8.78. The van der Waals surface area contributed by atoms with Gasteiger partial charge in [-0.05, 0) is 60.3 Å². The van der Waals surface area contributed by atoms with Crippen LogP contribution in [0.3, 0.4) is 0 Å². The van der Waals surface area contributed by atoms with Crippen molar-refractivity contribution in [1.82, 2.24) is 10.6 Å². The van der Waals surface area contributed by atoms with Crippen molar-refractivity contribution in [1.29, 1.82) is 0 Å². The minimum absolute atomic E-state index is 0.0703. The Labute approximate surface area is 198 Å². The average Bonchev–Trinajstić information content (AvgIpc) is 3.75. The number of benzene rings is 2. The maximum Gasteiger partial charge on any atom is 0.407 e. The molecule has 3 aliphatic rings. The molecule has 2 aromatic carbocycles. The van der Waals surface area contributed by atoms with Gasteiger partial charge in [-0.2, -0.15) is 0 Å². The quantitative estimate of drug-likeness (QED) is 0.521. The summed E-state index contributed by atoms with van der Waals surface area (Å²) in [5.41, 5.74) is 3.20. The van der Waals surface area contributed by atoms with E-state index in [1.807, 2.05) is 24.3 Å². The maximum absolute atomic E-state index is 13.0. The van der Waals surface area contributed by atoms with E-state index in [2.05, 4.69) is 34.9 Å². The van der Waals surface area contributed by atoms with E-state index < -0.39 is 29.6 Å². The number of nitrogens with one attached hydrogen (secondary N) is 2. The summed E-state index contributed by atoms with van der Waals surface area (Å²) in [6.07, 6.45) is 3.39. The highest BCUT2D eigenvalue weighted by Crippen LogP contribution is 2.44. The van der Waals surface area contributed by atoms with Crippen molar-refractivity contribution in [2.75, 3.05) is 6.61 Å². The average molecular weight is 463 g/mol. The van der Waals surface area contributed by atoms with Crippen LogP contribution in [0.2, 0.25) is 0 Å². The summed E-state index contributed by atoms with van der Waals surface area (Å²) in [5, 5.41) is 15.1. The lowest BCUT2D eigenvalue weighted by Gasteiger charge is -2.29. The van der Waals surface area contributed by atoms with Crippen molar-refractivity contribution in [3.8, 4) is 11.1 Å². The number of alkyl carbamates (subject to hydrolysis) is 1. The number of carbonyl (C=O) groups excluding carboxylic acids is 2. The van der Waals surface area contributed by atoms with E-state index in [0.717, 1.165) is 47.9 Å². The maximum atomic E-state index is 13.0. The number of aliphatic carboxylic acids is 1. The van der Waals surface area contributed by atoms with Crippen LogP contribution in [0.1, 0.15) is 56.1 Å². The number of carboxylic acid groups (broad SMARTS) is 1. The van der Waals surface area contributed by atoms with Crippen LogP contribution in [0, 0.1) is 11.8 Å². The second-order valence-electron chi connectivity index (χ2n) is 9.97. The Hall–Kier alpha value is -3.35. The summed E-state index contributed by atoms with van der Waals surface area (Å²) in [5.74, 6) is -1.29. The summed E-state index contributed by atoms with van der Waals surface area (Å²) < 4.78 is 5.61. The van der Waals surface area contributed by atoms with E-state index in [0.29, 0.717) is 12.3 Å². The number of carbonyl (C=O) groups is 3. The second-order valence-corrected chi connectivity index (χ2v) is 9.97. The van der Waals surface area contributed by atoms with Gasteiger partial charge in [0.25, 0.3) is 0 Å². The molecule has 3 aliphatic carbocycles. The van der Waals surface area contributed by atoms with Gasteiger partial charge in [-0.15, -0.1) is 0 Å². The standard InChI is InChI=1S/C27H30N2O5/c1-27(25(31)32,17-12-13-17)29-24(30)23(14-16-10-11-16)28-26(33)34-15-22-20-8-4-2-6-18(20)19-7-3-5-9-21(19)22/h2-9,16-17,22-23H,10-15H2,1H3,(H,28,33)(H,29,30)(H,31,32)/t23-,27?/m0/s1. The van der Waals surface area contributed by atoms with Gasteiger partial charge < -0.3 is 20.5 Å². The van der Waals surface area contributed by atoms with Gasteiger partial charge in [0.15, 0.2) is 0 Å². The first kappa shape index (κ1) is 22.4. The number of fused-ring (bicyclic) bond motifs is 3. The minimum Gasteiger partial charge on any atom is -0.480 e. The number of rotatable bonds is 9. The smallest absolute Gasteiger partial charge is 0.407 e. The van der Waals surface area contributed by atoms with E-state index in [4.69, 9.17) is 4.74 Å². The zero-order chi connectivity index (χ0) is 23.9. The molecule has 2 aromatic rings. The number of amides is 2. The van der Waals surface area contributed by atoms with Gasteiger partial charge in [-0.1, -0.05) is 61.4 Å². The molecule has 0 bridgehead atoms. The minimum atomic E-state index is -1.32. The molecule has 0 spiro atoms. The molecule has 7 heteroatoms. The molecule has 1 unspecified atom stereocenters. The molecular formula is C27H30N2O5. The summed E-state index contributed by atoms with van der Waals surface area (Å²) in [6.45, 7) is 1.71. The topological polar surface area (TPSA) is 105 Å². The Morgan fingerprint density at radius 2 is 1.59 bits per heavy atom. The van der Waals surface area contributed by atoms with Crippen molar-refractivity contribution < 1.29 is 24.2 Å². The molecule has 2 saturated carbocycles. The van der Waals surface area contributed by atoms with Crippen LogP contribution in [0.5, 0.6) is 0 Å². The van der Waals surface area contributed by atoms with Crippen LogP contribution in [0.15, 0.2) is 48.5 Å². The Balaban J connectivity index is 1.25. The SMILES string of the molecule is CC(NC(=O)[C@H](CC1CC1)NC(=O)OCC1c2ccccc2-c2ccccc21)(C(=O)O)C1CC1. The molecule has 0 saturated heterocycles. The van der Waals surface area contributed by atoms with Gasteiger partial charge in [0.05, 0.1) is 0 Å². The Bertz CT molecular complexity index is 1080. The normalized spacial score (nSPS) is 19.3. The predicted octanol–water partition coefficient (Wildman–Crippen LogP) is 4.06. The van der Waals surface area contributed by atoms with Crippen molar-refractivity contribution in [2.24, 2.45) is 11.8 Å². The summed E-state index contributed by atoms with van der Waals surface area (Å²) >= 11 is 0. The van der Waals surface area contributed by atoms with Crippen LogP contribution in [0.25, 0.3) is 11.1 Å². The lowest BCUT2D eigenvalue weighted by Crippen LogP contribution is -2.59. The number of ether oxygens (including phenoxy) is 1. The highest BCUT2D eigenvalue weighted by atomic mass is 16.5. The van der Waals surface area contributed by atoms with Crippen LogP contribution < -0.4 is 10.6 Å². The van der Waals surface area contributed by atoms with E-state index in [1.165, 1.54) is 0 Å². The third-order valence-electron chi connectivity index (χ3n) is 7.44. The van der Waals surface area contributed by atoms with E-state index in [1.54, 1.807) is 6.92 Å². The number of hydrogen-bond donors (Lipinski definition) is 3. The van der Waals surface area contributed by atoms with Gasteiger partial charge in [0, 0.05) is 5.92 Å². The molecule has 3 N–H and O–H groups in total. The van der Waals surface area contributed by atoms with Gasteiger partial charge in [-0.3, -0.25) is 4.79 Å². The molecule has 0 aliphatic heterocycles. The van der Waals surface area contributed by atoms with Crippen LogP contribution >= 0.6 is 0 Å². The molecular weight excluding hydrogens is 432 g/mol. The first-order chi connectivity index (χ1) is 16.4. The van der Waals surface area contributed by atoms with Gasteiger partial charge in [0.1, 0.15) is 18.2 Å². The highest BCUT2D eigenvalue weighted by Gasteiger charge is 2.49. The fourth-order valence-corrected chi connectivity index (χ4v) is 5.03.